The summed E-state index contributed by atoms with van der Waals surface area (Å²) in [6.45, 7) is 7.70. The zero-order valence-electron chi connectivity index (χ0n) is 15.4. The molecule has 1 aromatic rings. The van der Waals surface area contributed by atoms with Crippen LogP contribution in [-0.4, -0.2) is 46.4 Å². The monoisotopic (exact) mass is 349 g/mol. The minimum atomic E-state index is -0.587. The number of hydrogen-bond acceptors (Lipinski definition) is 6. The highest BCUT2D eigenvalue weighted by atomic mass is 16.5. The minimum absolute atomic E-state index is 0.146. The van der Waals surface area contributed by atoms with Gasteiger partial charge in [-0.25, -0.2) is 4.79 Å². The van der Waals surface area contributed by atoms with Crippen molar-refractivity contribution < 1.29 is 19.5 Å². The van der Waals surface area contributed by atoms with Crippen LogP contribution < -0.4 is 11.1 Å². The molecule has 0 aliphatic carbocycles. The van der Waals surface area contributed by atoms with E-state index in [1.165, 1.54) is 24.3 Å². The number of esters is 1. The van der Waals surface area contributed by atoms with Gasteiger partial charge in [-0.3, -0.25) is 4.79 Å². The van der Waals surface area contributed by atoms with Gasteiger partial charge < -0.3 is 21.0 Å². The molecule has 1 aliphatic heterocycles. The molecule has 1 aliphatic rings. The smallest absolute Gasteiger partial charge is 0.338 e. The van der Waals surface area contributed by atoms with Gasteiger partial charge in [-0.05, 0) is 58.7 Å². The summed E-state index contributed by atoms with van der Waals surface area (Å²) in [5, 5.41) is 14.7. The molecule has 0 aromatic heterocycles. The fourth-order valence-corrected chi connectivity index (χ4v) is 3.67. The zero-order chi connectivity index (χ0) is 19.0. The van der Waals surface area contributed by atoms with Gasteiger partial charge in [-0.15, -0.1) is 0 Å². The van der Waals surface area contributed by atoms with E-state index in [0.29, 0.717) is 18.5 Å². The van der Waals surface area contributed by atoms with Crippen molar-refractivity contribution in [3.8, 4) is 0 Å². The number of hydrogen-bond donors (Lipinski definition) is 3. The number of carbonyl (C=O) groups is 2. The Balaban J connectivity index is 2.26. The predicted octanol–water partition coefficient (Wildman–Crippen LogP) is 2.20. The third kappa shape index (κ3) is 3.93. The van der Waals surface area contributed by atoms with Crippen molar-refractivity contribution in [2.45, 2.75) is 57.7 Å². The lowest BCUT2D eigenvalue weighted by molar-refractivity contribution is -0.245. The van der Waals surface area contributed by atoms with Gasteiger partial charge in [-0.1, -0.05) is 0 Å². The molecular weight excluding hydrogens is 322 g/mol. The first-order valence-corrected chi connectivity index (χ1v) is 8.26. The molecule has 7 heteroatoms. The molecule has 2 rings (SSSR count). The van der Waals surface area contributed by atoms with Crippen LogP contribution in [0.3, 0.4) is 0 Å². The number of ether oxygens (including phenoxy) is 1. The molecule has 1 heterocycles. The first-order valence-electron chi connectivity index (χ1n) is 8.26. The Morgan fingerprint density at radius 1 is 1.20 bits per heavy atom. The van der Waals surface area contributed by atoms with Crippen molar-refractivity contribution in [2.24, 2.45) is 0 Å². The number of amides is 1. The van der Waals surface area contributed by atoms with Crippen LogP contribution in [0.5, 0.6) is 0 Å². The van der Waals surface area contributed by atoms with E-state index in [1.807, 2.05) is 27.7 Å². The molecule has 0 saturated carbocycles. The number of piperidine rings is 1. The number of nitrogens with zero attached hydrogens (tertiary/aromatic N) is 1. The first kappa shape index (κ1) is 19.2. The SMILES string of the molecule is COC(=O)c1ccc(N)cc1C(=O)NC1CC(C)(C)N(O)C(C)(C)C1. The van der Waals surface area contributed by atoms with Crippen molar-refractivity contribution in [1.82, 2.24) is 10.4 Å². The fraction of sp³-hybridized carbons (Fsp3) is 0.556. The number of carbonyl (C=O) groups excluding carboxylic acids is 2. The summed E-state index contributed by atoms with van der Waals surface area (Å²) in [4.78, 5) is 24.7. The normalized spacial score (nSPS) is 20.1. The van der Waals surface area contributed by atoms with Gasteiger partial charge >= 0.3 is 5.97 Å². The van der Waals surface area contributed by atoms with Crippen LogP contribution in [0, 0.1) is 0 Å². The Hall–Kier alpha value is -2.12. The van der Waals surface area contributed by atoms with Gasteiger partial charge in [0.25, 0.3) is 5.91 Å². The fourth-order valence-electron chi connectivity index (χ4n) is 3.67. The number of nitrogens with one attached hydrogen (secondary N) is 1. The third-order valence-corrected chi connectivity index (χ3v) is 4.67. The Kier molecular flexibility index (Phi) is 5.11. The number of nitrogen functional groups attached to an aromatic ring is 1. The second-order valence-electron chi connectivity index (χ2n) is 7.81. The molecule has 0 atom stereocenters. The Morgan fingerprint density at radius 2 is 1.76 bits per heavy atom. The van der Waals surface area contributed by atoms with Gasteiger partial charge in [-0.2, -0.15) is 5.06 Å². The minimum Gasteiger partial charge on any atom is -0.465 e. The van der Waals surface area contributed by atoms with Crippen molar-refractivity contribution in [3.63, 3.8) is 0 Å². The van der Waals surface area contributed by atoms with E-state index >= 15 is 0 Å². The van der Waals surface area contributed by atoms with Crippen LogP contribution in [0.1, 0.15) is 61.3 Å². The Labute approximate surface area is 148 Å². The summed E-state index contributed by atoms with van der Waals surface area (Å²) in [5.41, 5.74) is 5.56. The summed E-state index contributed by atoms with van der Waals surface area (Å²) in [6.07, 6.45) is 1.16. The van der Waals surface area contributed by atoms with Crippen molar-refractivity contribution in [3.05, 3.63) is 29.3 Å². The molecular formula is C18H27N3O4. The summed E-state index contributed by atoms with van der Waals surface area (Å²) in [5.74, 6) is -0.966. The highest BCUT2D eigenvalue weighted by Gasteiger charge is 2.45. The van der Waals surface area contributed by atoms with E-state index in [9.17, 15) is 14.8 Å². The number of rotatable bonds is 3. The second-order valence-corrected chi connectivity index (χ2v) is 7.81. The predicted molar refractivity (Wildman–Crippen MR) is 94.5 cm³/mol. The van der Waals surface area contributed by atoms with Crippen LogP contribution in [-0.2, 0) is 4.74 Å². The van der Waals surface area contributed by atoms with E-state index < -0.39 is 17.0 Å². The summed E-state index contributed by atoms with van der Waals surface area (Å²) in [7, 11) is 1.27. The van der Waals surface area contributed by atoms with E-state index in [4.69, 9.17) is 10.5 Å². The molecule has 0 bridgehead atoms. The number of benzene rings is 1. The zero-order valence-corrected chi connectivity index (χ0v) is 15.4. The van der Waals surface area contributed by atoms with Gasteiger partial charge in [0.05, 0.1) is 18.2 Å². The molecule has 138 valence electrons. The van der Waals surface area contributed by atoms with E-state index in [-0.39, 0.29) is 23.1 Å². The highest BCUT2D eigenvalue weighted by Crippen LogP contribution is 2.36. The average molecular weight is 349 g/mol. The first-order chi connectivity index (χ1) is 11.5. The van der Waals surface area contributed by atoms with Crippen LogP contribution in [0.2, 0.25) is 0 Å². The molecule has 1 aromatic carbocycles. The standard InChI is InChI=1S/C18H27N3O4/c1-17(2)9-12(10-18(3,4)21(17)24)20-15(22)14-8-11(19)6-7-13(14)16(23)25-5/h6-8,12,24H,9-10,19H2,1-5H3,(H,20,22). The van der Waals surface area contributed by atoms with Gasteiger partial charge in [0.1, 0.15) is 0 Å². The second kappa shape index (κ2) is 6.65. The van der Waals surface area contributed by atoms with Gasteiger partial charge in [0.15, 0.2) is 0 Å². The molecule has 0 radical (unpaired) electrons. The number of methoxy groups -OCH3 is 1. The summed E-state index contributed by atoms with van der Waals surface area (Å²) in [6, 6.07) is 4.37. The average Bonchev–Trinajstić information content (AvgIpc) is 2.51. The molecule has 0 spiro atoms. The largest absolute Gasteiger partial charge is 0.465 e. The van der Waals surface area contributed by atoms with Crippen molar-refractivity contribution in [2.75, 3.05) is 12.8 Å². The van der Waals surface area contributed by atoms with Crippen LogP contribution in [0.25, 0.3) is 0 Å². The van der Waals surface area contributed by atoms with Crippen molar-refractivity contribution >= 4 is 17.6 Å². The van der Waals surface area contributed by atoms with E-state index in [1.54, 1.807) is 6.07 Å². The van der Waals surface area contributed by atoms with Crippen LogP contribution >= 0.6 is 0 Å². The third-order valence-electron chi connectivity index (χ3n) is 4.67. The topological polar surface area (TPSA) is 105 Å². The molecule has 25 heavy (non-hydrogen) atoms. The lowest BCUT2D eigenvalue weighted by Crippen LogP contribution is -2.63. The van der Waals surface area contributed by atoms with Crippen LogP contribution in [0.15, 0.2) is 18.2 Å². The number of nitrogens with two attached hydrogens (primary N) is 1. The summed E-state index contributed by atoms with van der Waals surface area (Å²) >= 11 is 0. The van der Waals surface area contributed by atoms with E-state index in [2.05, 4.69) is 5.32 Å². The maximum atomic E-state index is 12.8. The lowest BCUT2D eigenvalue weighted by atomic mass is 9.79. The highest BCUT2D eigenvalue weighted by molar-refractivity contribution is 6.06. The quantitative estimate of drug-likeness (QED) is 0.571. The molecule has 4 N–H and O–H groups in total. The Bertz CT molecular complexity index is 667. The number of hydroxylamine groups is 2. The van der Waals surface area contributed by atoms with Gasteiger partial charge in [0.2, 0.25) is 0 Å². The summed E-state index contributed by atoms with van der Waals surface area (Å²) < 4.78 is 4.74. The Morgan fingerprint density at radius 3 is 2.28 bits per heavy atom. The molecule has 1 fully saturated rings. The molecule has 1 saturated heterocycles. The van der Waals surface area contributed by atoms with Crippen LogP contribution in [0.4, 0.5) is 5.69 Å². The number of anilines is 1. The maximum Gasteiger partial charge on any atom is 0.338 e. The van der Waals surface area contributed by atoms with Gasteiger partial charge in [0, 0.05) is 22.8 Å². The maximum absolute atomic E-state index is 12.8. The molecule has 1 amide bonds. The van der Waals surface area contributed by atoms with Crippen molar-refractivity contribution in [1.29, 1.82) is 0 Å². The lowest BCUT2D eigenvalue weighted by Gasteiger charge is -2.51. The molecule has 7 nitrogen and oxygen atoms in total. The van der Waals surface area contributed by atoms with E-state index in [0.717, 1.165) is 0 Å². The molecule has 0 unspecified atom stereocenters.